The summed E-state index contributed by atoms with van der Waals surface area (Å²) in [5, 5.41) is 30.9. The molecule has 0 unspecified atom stereocenters. The molecule has 8 heteroatoms. The number of fused-ring (bicyclic) bond motifs is 1. The molecule has 1 aliphatic heterocycles. The van der Waals surface area contributed by atoms with Crippen LogP contribution in [0.1, 0.15) is 59.7 Å². The Balaban J connectivity index is 2.32. The van der Waals surface area contributed by atoms with E-state index in [0.717, 1.165) is 0 Å². The summed E-state index contributed by atoms with van der Waals surface area (Å²) in [5.41, 5.74) is 1.78. The summed E-state index contributed by atoms with van der Waals surface area (Å²) in [7, 11) is 0. The third kappa shape index (κ3) is 3.19. The standard InChI is InChI=1S/C25H20Br2O6/c1-10-8-16(28)12(3)21(26)18(10)25(19-11(2)9-17(29)13(4)22(19)27)20-14(23(30)31)6-5-7-15(20)24(32)33-25/h5-9,28-29H,1-4H3,(H,30,31). The van der Waals surface area contributed by atoms with Crippen molar-refractivity contribution in [3.05, 3.63) is 89.3 Å². The fourth-order valence-electron chi connectivity index (χ4n) is 4.58. The summed E-state index contributed by atoms with van der Waals surface area (Å²) in [6.45, 7) is 6.93. The normalized spacial score (nSPS) is 14.2. The van der Waals surface area contributed by atoms with E-state index in [2.05, 4.69) is 31.9 Å². The van der Waals surface area contributed by atoms with E-state index in [9.17, 15) is 24.9 Å². The highest BCUT2D eigenvalue weighted by Crippen LogP contribution is 2.56. The van der Waals surface area contributed by atoms with Crippen molar-refractivity contribution in [1.82, 2.24) is 0 Å². The van der Waals surface area contributed by atoms with E-state index in [1.54, 1.807) is 45.9 Å². The zero-order valence-corrected chi connectivity index (χ0v) is 21.4. The highest BCUT2D eigenvalue weighted by molar-refractivity contribution is 9.11. The smallest absolute Gasteiger partial charge is 0.340 e. The summed E-state index contributed by atoms with van der Waals surface area (Å²) >= 11 is 7.15. The lowest BCUT2D eigenvalue weighted by atomic mass is 9.74. The van der Waals surface area contributed by atoms with E-state index < -0.39 is 17.5 Å². The van der Waals surface area contributed by atoms with Gasteiger partial charge in [0, 0.05) is 36.8 Å². The van der Waals surface area contributed by atoms with Crippen LogP contribution in [0, 0.1) is 27.7 Å². The number of benzene rings is 3. The topological polar surface area (TPSA) is 104 Å². The molecule has 3 N–H and O–H groups in total. The highest BCUT2D eigenvalue weighted by atomic mass is 79.9. The second-order valence-corrected chi connectivity index (χ2v) is 9.74. The fourth-order valence-corrected chi connectivity index (χ4v) is 6.17. The average Bonchev–Trinajstić information content (AvgIpc) is 3.03. The van der Waals surface area contributed by atoms with Crippen molar-refractivity contribution in [2.24, 2.45) is 0 Å². The maximum absolute atomic E-state index is 13.2. The zero-order valence-electron chi connectivity index (χ0n) is 18.2. The molecule has 6 nitrogen and oxygen atoms in total. The number of aryl methyl sites for hydroxylation is 2. The van der Waals surface area contributed by atoms with Crippen molar-refractivity contribution in [3.8, 4) is 11.5 Å². The van der Waals surface area contributed by atoms with Gasteiger partial charge in [-0.1, -0.05) is 6.07 Å². The summed E-state index contributed by atoms with van der Waals surface area (Å²) < 4.78 is 7.14. The number of rotatable bonds is 3. The van der Waals surface area contributed by atoms with Gasteiger partial charge in [0.15, 0.2) is 5.60 Å². The van der Waals surface area contributed by atoms with Crippen molar-refractivity contribution in [2.45, 2.75) is 33.3 Å². The number of phenolic OH excluding ortho intramolecular Hbond substituents is 2. The number of cyclic esters (lactones) is 1. The maximum atomic E-state index is 13.2. The molecule has 0 bridgehead atoms. The van der Waals surface area contributed by atoms with E-state index in [4.69, 9.17) is 4.74 Å². The van der Waals surface area contributed by atoms with Crippen LogP contribution in [0.15, 0.2) is 39.3 Å². The van der Waals surface area contributed by atoms with Gasteiger partial charge in [0.25, 0.3) is 0 Å². The SMILES string of the molecule is Cc1cc(O)c(C)c(Br)c1C1(c2c(C)cc(O)c(C)c2Br)OC(=O)c2cccc(C(=O)O)c21. The molecule has 4 rings (SSSR count). The molecular weight excluding hydrogens is 556 g/mol. The van der Waals surface area contributed by atoms with Gasteiger partial charge in [0.2, 0.25) is 0 Å². The Morgan fingerprint density at radius 2 is 1.36 bits per heavy atom. The Bertz CT molecular complexity index is 1310. The number of carboxylic acid groups (broad SMARTS) is 1. The quantitative estimate of drug-likeness (QED) is 0.330. The number of aromatic hydroxyl groups is 2. The van der Waals surface area contributed by atoms with Crippen LogP contribution >= 0.6 is 31.9 Å². The van der Waals surface area contributed by atoms with Crippen LogP contribution in [0.4, 0.5) is 0 Å². The summed E-state index contributed by atoms with van der Waals surface area (Å²) in [6, 6.07) is 7.60. The fraction of sp³-hybridized carbons (Fsp3) is 0.200. The number of carbonyl (C=O) groups excluding carboxylic acids is 1. The summed E-state index contributed by atoms with van der Waals surface area (Å²) in [4.78, 5) is 25.5. The van der Waals surface area contributed by atoms with Gasteiger partial charge >= 0.3 is 11.9 Å². The van der Waals surface area contributed by atoms with Crippen LogP contribution in [-0.2, 0) is 10.3 Å². The molecule has 1 aliphatic rings. The molecule has 0 fully saturated rings. The van der Waals surface area contributed by atoms with E-state index >= 15 is 0 Å². The van der Waals surface area contributed by atoms with Gasteiger partial charge in [-0.25, -0.2) is 9.59 Å². The van der Waals surface area contributed by atoms with Gasteiger partial charge in [0.1, 0.15) is 11.5 Å². The van der Waals surface area contributed by atoms with Crippen LogP contribution in [0.3, 0.4) is 0 Å². The van der Waals surface area contributed by atoms with Crippen LogP contribution in [0.5, 0.6) is 11.5 Å². The van der Waals surface area contributed by atoms with E-state index in [-0.39, 0.29) is 28.2 Å². The van der Waals surface area contributed by atoms with Crippen molar-refractivity contribution in [3.63, 3.8) is 0 Å². The number of aromatic carboxylic acids is 1. The molecule has 0 atom stereocenters. The zero-order chi connectivity index (χ0) is 24.4. The van der Waals surface area contributed by atoms with Gasteiger partial charge in [0.05, 0.1) is 11.1 Å². The first-order valence-corrected chi connectivity index (χ1v) is 11.6. The lowest BCUT2D eigenvalue weighted by Gasteiger charge is -2.36. The first-order valence-electron chi connectivity index (χ1n) is 10.0. The average molecular weight is 576 g/mol. The number of halogens is 2. The predicted molar refractivity (Wildman–Crippen MR) is 129 cm³/mol. The first kappa shape index (κ1) is 23.3. The number of carboxylic acids is 1. The predicted octanol–water partition coefficient (Wildman–Crippen LogP) is 6.02. The van der Waals surface area contributed by atoms with Crippen molar-refractivity contribution < 1.29 is 29.6 Å². The molecule has 0 spiro atoms. The monoisotopic (exact) mass is 574 g/mol. The van der Waals surface area contributed by atoms with Crippen LogP contribution in [0.25, 0.3) is 0 Å². The molecule has 0 amide bonds. The third-order valence-corrected chi connectivity index (χ3v) is 8.16. The number of hydrogen-bond acceptors (Lipinski definition) is 5. The Hall–Kier alpha value is -2.84. The van der Waals surface area contributed by atoms with Crippen molar-refractivity contribution >= 4 is 43.8 Å². The van der Waals surface area contributed by atoms with E-state index in [0.29, 0.717) is 42.3 Å². The second-order valence-electron chi connectivity index (χ2n) is 8.16. The lowest BCUT2D eigenvalue weighted by molar-refractivity contribution is 0.0238. The molecular formula is C25H20Br2O6. The van der Waals surface area contributed by atoms with Gasteiger partial charge in [-0.15, -0.1) is 0 Å². The van der Waals surface area contributed by atoms with Crippen molar-refractivity contribution in [1.29, 1.82) is 0 Å². The first-order chi connectivity index (χ1) is 15.4. The van der Waals surface area contributed by atoms with E-state index in [1.807, 2.05) is 0 Å². The van der Waals surface area contributed by atoms with Crippen LogP contribution in [-0.4, -0.2) is 27.3 Å². The minimum atomic E-state index is -1.66. The summed E-state index contributed by atoms with van der Waals surface area (Å²) in [5.74, 6) is -1.77. The molecule has 3 aromatic carbocycles. The molecule has 1 heterocycles. The number of carbonyl (C=O) groups is 2. The Labute approximate surface area is 207 Å². The third-order valence-electron chi connectivity index (χ3n) is 6.18. The Kier molecular flexibility index (Phi) is 5.57. The minimum absolute atomic E-state index is 0.0482. The number of phenols is 2. The molecule has 0 aliphatic carbocycles. The van der Waals surface area contributed by atoms with Gasteiger partial charge in [-0.2, -0.15) is 0 Å². The number of ether oxygens (including phenoxy) is 1. The van der Waals surface area contributed by atoms with Gasteiger partial charge in [-0.05, 0) is 94.9 Å². The number of esters is 1. The van der Waals surface area contributed by atoms with Crippen LogP contribution < -0.4 is 0 Å². The number of hydrogen-bond donors (Lipinski definition) is 3. The Morgan fingerprint density at radius 1 is 0.879 bits per heavy atom. The van der Waals surface area contributed by atoms with Gasteiger partial charge < -0.3 is 20.1 Å². The van der Waals surface area contributed by atoms with Crippen molar-refractivity contribution in [2.75, 3.05) is 0 Å². The molecule has 33 heavy (non-hydrogen) atoms. The molecule has 3 aromatic rings. The van der Waals surface area contributed by atoms with Gasteiger partial charge in [-0.3, -0.25) is 0 Å². The second kappa shape index (κ2) is 7.88. The Morgan fingerprint density at radius 3 is 1.82 bits per heavy atom. The molecule has 0 radical (unpaired) electrons. The molecule has 0 saturated carbocycles. The molecule has 170 valence electrons. The molecule has 0 aromatic heterocycles. The summed E-state index contributed by atoms with van der Waals surface area (Å²) in [6.07, 6.45) is 0. The van der Waals surface area contributed by atoms with E-state index in [1.165, 1.54) is 12.1 Å². The largest absolute Gasteiger partial charge is 0.508 e. The molecule has 0 saturated heterocycles. The minimum Gasteiger partial charge on any atom is -0.508 e. The maximum Gasteiger partial charge on any atom is 0.340 e. The lowest BCUT2D eigenvalue weighted by Crippen LogP contribution is -2.34. The highest BCUT2D eigenvalue weighted by Gasteiger charge is 2.54. The van der Waals surface area contributed by atoms with Crippen LogP contribution in [0.2, 0.25) is 0 Å².